The first-order valence-corrected chi connectivity index (χ1v) is 8.73. The van der Waals surface area contributed by atoms with Crippen LogP contribution in [0.15, 0.2) is 46.9 Å². The van der Waals surface area contributed by atoms with E-state index >= 15 is 0 Å². The molecule has 6 heteroatoms. The van der Waals surface area contributed by atoms with Crippen LogP contribution in [0.25, 0.3) is 0 Å². The van der Waals surface area contributed by atoms with Gasteiger partial charge in [-0.05, 0) is 35.4 Å². The maximum absolute atomic E-state index is 12.2. The summed E-state index contributed by atoms with van der Waals surface area (Å²) in [5.74, 6) is -0.183. The third-order valence-corrected chi connectivity index (χ3v) is 5.14. The second-order valence-electron chi connectivity index (χ2n) is 4.47. The van der Waals surface area contributed by atoms with Crippen molar-refractivity contribution in [2.24, 2.45) is 0 Å². The highest BCUT2D eigenvalue weighted by atomic mass is 79.9. The molecule has 0 fully saturated rings. The van der Waals surface area contributed by atoms with Crippen LogP contribution in [0.2, 0.25) is 5.02 Å². The van der Waals surface area contributed by atoms with E-state index in [1.54, 1.807) is 18.2 Å². The SMILES string of the molecule is O=C(O)c1ccc(CS(=O)Cc2ccc(Cl)cc2)c(Br)c1. The van der Waals surface area contributed by atoms with Gasteiger partial charge in [-0.25, -0.2) is 4.79 Å². The lowest BCUT2D eigenvalue weighted by atomic mass is 10.1. The number of carboxylic acid groups (broad SMARTS) is 1. The molecule has 0 saturated heterocycles. The zero-order chi connectivity index (χ0) is 15.4. The monoisotopic (exact) mass is 386 g/mol. The summed E-state index contributed by atoms with van der Waals surface area (Å²) in [6.07, 6.45) is 0. The standard InChI is InChI=1S/C15H12BrClO3S/c16-14-7-11(15(18)19)3-4-12(14)9-21(20)8-10-1-5-13(17)6-2-10/h1-7H,8-9H2,(H,18,19). The van der Waals surface area contributed by atoms with E-state index in [9.17, 15) is 9.00 Å². The lowest BCUT2D eigenvalue weighted by molar-refractivity contribution is 0.0697. The van der Waals surface area contributed by atoms with Gasteiger partial charge < -0.3 is 5.11 Å². The molecule has 0 radical (unpaired) electrons. The first kappa shape index (κ1) is 16.2. The van der Waals surface area contributed by atoms with Crippen molar-refractivity contribution in [3.63, 3.8) is 0 Å². The largest absolute Gasteiger partial charge is 0.478 e. The second kappa shape index (κ2) is 7.20. The Kier molecular flexibility index (Phi) is 5.56. The van der Waals surface area contributed by atoms with E-state index in [0.717, 1.165) is 11.1 Å². The predicted octanol–water partition coefficient (Wildman–Crippen LogP) is 4.25. The average Bonchev–Trinajstić information content (AvgIpc) is 2.43. The van der Waals surface area contributed by atoms with Gasteiger partial charge in [-0.1, -0.05) is 45.7 Å². The van der Waals surface area contributed by atoms with Crippen molar-refractivity contribution in [3.8, 4) is 0 Å². The molecule has 0 spiro atoms. The van der Waals surface area contributed by atoms with Gasteiger partial charge >= 0.3 is 5.97 Å². The molecule has 1 unspecified atom stereocenters. The van der Waals surface area contributed by atoms with E-state index in [-0.39, 0.29) is 5.56 Å². The molecule has 110 valence electrons. The summed E-state index contributed by atoms with van der Waals surface area (Å²) in [5, 5.41) is 9.56. The Hall–Kier alpha value is -1.17. The third kappa shape index (κ3) is 4.66. The van der Waals surface area contributed by atoms with Gasteiger partial charge in [-0.3, -0.25) is 4.21 Å². The van der Waals surface area contributed by atoms with Gasteiger partial charge in [0.1, 0.15) is 0 Å². The lowest BCUT2D eigenvalue weighted by Crippen LogP contribution is -2.02. The molecule has 2 aromatic rings. The minimum absolute atomic E-state index is 0.203. The zero-order valence-electron chi connectivity index (χ0n) is 10.9. The molecular weight excluding hydrogens is 376 g/mol. The predicted molar refractivity (Wildman–Crippen MR) is 88.1 cm³/mol. The van der Waals surface area contributed by atoms with Crippen LogP contribution in [0, 0.1) is 0 Å². The molecule has 2 aromatic carbocycles. The zero-order valence-corrected chi connectivity index (χ0v) is 14.0. The number of hydrogen-bond acceptors (Lipinski definition) is 2. The van der Waals surface area contributed by atoms with E-state index in [4.69, 9.17) is 16.7 Å². The molecule has 0 aliphatic rings. The van der Waals surface area contributed by atoms with Crippen LogP contribution in [0.4, 0.5) is 0 Å². The van der Waals surface area contributed by atoms with Gasteiger partial charge in [-0.15, -0.1) is 0 Å². The van der Waals surface area contributed by atoms with Crippen molar-refractivity contribution in [3.05, 3.63) is 68.7 Å². The maximum atomic E-state index is 12.2. The van der Waals surface area contributed by atoms with Crippen LogP contribution in [-0.2, 0) is 22.3 Å². The number of hydrogen-bond donors (Lipinski definition) is 1. The molecule has 0 saturated carbocycles. The first-order valence-electron chi connectivity index (χ1n) is 6.07. The number of rotatable bonds is 5. The highest BCUT2D eigenvalue weighted by molar-refractivity contribution is 9.10. The normalized spacial score (nSPS) is 12.1. The fraction of sp³-hybridized carbons (Fsp3) is 0.133. The topological polar surface area (TPSA) is 54.4 Å². The summed E-state index contributed by atoms with van der Waals surface area (Å²) in [7, 11) is -1.08. The summed E-state index contributed by atoms with van der Waals surface area (Å²) >= 11 is 9.13. The number of aromatic carboxylic acids is 1. The van der Waals surface area contributed by atoms with Crippen molar-refractivity contribution in [1.82, 2.24) is 0 Å². The van der Waals surface area contributed by atoms with Gasteiger partial charge in [-0.2, -0.15) is 0 Å². The molecule has 2 rings (SSSR count). The van der Waals surface area contributed by atoms with Gasteiger partial charge in [0.15, 0.2) is 0 Å². The van der Waals surface area contributed by atoms with Crippen molar-refractivity contribution >= 4 is 44.3 Å². The summed E-state index contributed by atoms with van der Waals surface area (Å²) in [6.45, 7) is 0. The van der Waals surface area contributed by atoms with E-state index in [1.165, 1.54) is 12.1 Å². The number of benzene rings is 2. The Morgan fingerprint density at radius 3 is 2.38 bits per heavy atom. The molecular formula is C15H12BrClO3S. The minimum atomic E-state index is -1.08. The Morgan fingerprint density at radius 1 is 1.14 bits per heavy atom. The van der Waals surface area contributed by atoms with Gasteiger partial charge in [0, 0.05) is 31.8 Å². The van der Waals surface area contributed by atoms with Crippen molar-refractivity contribution < 1.29 is 14.1 Å². The average molecular weight is 388 g/mol. The molecule has 0 aliphatic carbocycles. The summed E-state index contributed by atoms with van der Waals surface area (Å²) < 4.78 is 12.8. The molecule has 0 aliphatic heterocycles. The van der Waals surface area contributed by atoms with Crippen molar-refractivity contribution in [2.75, 3.05) is 0 Å². The van der Waals surface area contributed by atoms with E-state index in [2.05, 4.69) is 15.9 Å². The molecule has 0 aromatic heterocycles. The molecule has 3 nitrogen and oxygen atoms in total. The van der Waals surface area contributed by atoms with Gasteiger partial charge in [0.25, 0.3) is 0 Å². The number of halogens is 2. The molecule has 0 amide bonds. The van der Waals surface area contributed by atoms with Crippen molar-refractivity contribution in [2.45, 2.75) is 11.5 Å². The maximum Gasteiger partial charge on any atom is 0.335 e. The summed E-state index contributed by atoms with van der Waals surface area (Å²) in [6, 6.07) is 12.0. The lowest BCUT2D eigenvalue weighted by Gasteiger charge is -2.06. The van der Waals surface area contributed by atoms with E-state index < -0.39 is 16.8 Å². The number of carboxylic acids is 1. The van der Waals surface area contributed by atoms with Crippen LogP contribution < -0.4 is 0 Å². The highest BCUT2D eigenvalue weighted by Gasteiger charge is 2.10. The molecule has 0 heterocycles. The summed E-state index contributed by atoms with van der Waals surface area (Å²) in [4.78, 5) is 10.9. The van der Waals surface area contributed by atoms with Crippen LogP contribution in [0.1, 0.15) is 21.5 Å². The third-order valence-electron chi connectivity index (χ3n) is 2.86. The Morgan fingerprint density at radius 2 is 1.81 bits per heavy atom. The molecule has 21 heavy (non-hydrogen) atoms. The molecule has 0 bridgehead atoms. The van der Waals surface area contributed by atoms with Crippen LogP contribution in [0.3, 0.4) is 0 Å². The quantitative estimate of drug-likeness (QED) is 0.834. The van der Waals surface area contributed by atoms with Crippen LogP contribution in [0.5, 0.6) is 0 Å². The Labute approximate surface area is 138 Å². The molecule has 1 atom stereocenters. The van der Waals surface area contributed by atoms with E-state index in [0.29, 0.717) is 21.0 Å². The smallest absolute Gasteiger partial charge is 0.335 e. The van der Waals surface area contributed by atoms with Crippen LogP contribution in [-0.4, -0.2) is 15.3 Å². The first-order chi connectivity index (χ1) is 9.95. The van der Waals surface area contributed by atoms with Crippen molar-refractivity contribution in [1.29, 1.82) is 0 Å². The second-order valence-corrected chi connectivity index (χ2v) is 7.21. The molecule has 1 N–H and O–H groups in total. The fourth-order valence-corrected chi connectivity index (χ4v) is 3.88. The number of carbonyl (C=O) groups is 1. The van der Waals surface area contributed by atoms with Crippen LogP contribution >= 0.6 is 27.5 Å². The summed E-state index contributed by atoms with van der Waals surface area (Å²) in [5.41, 5.74) is 1.98. The van der Waals surface area contributed by atoms with Gasteiger partial charge in [0.05, 0.1) is 5.56 Å². The Bertz CT molecular complexity index is 686. The van der Waals surface area contributed by atoms with Gasteiger partial charge in [0.2, 0.25) is 0 Å². The van der Waals surface area contributed by atoms with E-state index in [1.807, 2.05) is 12.1 Å². The minimum Gasteiger partial charge on any atom is -0.478 e. The Balaban J connectivity index is 2.06. The highest BCUT2D eigenvalue weighted by Crippen LogP contribution is 2.21. The fourth-order valence-electron chi connectivity index (χ4n) is 1.79.